The Bertz CT molecular complexity index is 764. The van der Waals surface area contributed by atoms with Gasteiger partial charge in [-0.3, -0.25) is 5.43 Å². The van der Waals surface area contributed by atoms with Gasteiger partial charge in [-0.05, 0) is 55.0 Å². The molecule has 0 spiro atoms. The van der Waals surface area contributed by atoms with Crippen molar-refractivity contribution >= 4 is 29.0 Å². The van der Waals surface area contributed by atoms with E-state index in [2.05, 4.69) is 15.3 Å². The minimum atomic E-state index is -2.88. The monoisotopic (exact) mass is 354 g/mol. The van der Waals surface area contributed by atoms with E-state index >= 15 is 0 Å². The number of benzene rings is 2. The van der Waals surface area contributed by atoms with Crippen molar-refractivity contribution in [3.63, 3.8) is 0 Å². The number of alkyl halides is 2. The molecule has 0 fully saturated rings. The molecular weight excluding hydrogens is 342 g/mol. The molecule has 0 saturated carbocycles. The molecule has 0 saturated heterocycles. The number of nitrogens with zero attached hydrogens (tertiary/aromatic N) is 1. The third-order valence-corrected chi connectivity index (χ3v) is 3.38. The summed E-state index contributed by atoms with van der Waals surface area (Å²) in [4.78, 5) is 11.0. The Balaban J connectivity index is 2.14. The number of hydrazone groups is 1. The van der Waals surface area contributed by atoms with Crippen LogP contribution in [-0.2, 0) is 0 Å². The van der Waals surface area contributed by atoms with Crippen LogP contribution >= 0.6 is 11.6 Å². The van der Waals surface area contributed by atoms with Crippen LogP contribution in [0.1, 0.15) is 22.8 Å². The molecule has 0 aromatic heterocycles. The maximum Gasteiger partial charge on any atom is 0.387 e. The van der Waals surface area contributed by atoms with Gasteiger partial charge >= 0.3 is 12.6 Å². The lowest BCUT2D eigenvalue weighted by atomic mass is 10.1. The van der Waals surface area contributed by atoms with Gasteiger partial charge in [-0.2, -0.15) is 13.9 Å². The minimum absolute atomic E-state index is 0.0479. The minimum Gasteiger partial charge on any atom is -0.478 e. The number of aromatic carboxylic acids is 1. The Kier molecular flexibility index (Phi) is 5.70. The predicted molar refractivity (Wildman–Crippen MR) is 87.3 cm³/mol. The average Bonchev–Trinajstić information content (AvgIpc) is 2.53. The quantitative estimate of drug-likeness (QED) is 0.593. The largest absolute Gasteiger partial charge is 0.478 e. The van der Waals surface area contributed by atoms with Crippen LogP contribution in [0.25, 0.3) is 0 Å². The van der Waals surface area contributed by atoms with Crippen LogP contribution in [0, 0.1) is 0 Å². The number of anilines is 1. The molecule has 2 rings (SSSR count). The van der Waals surface area contributed by atoms with Gasteiger partial charge in [-0.1, -0.05) is 11.6 Å². The van der Waals surface area contributed by atoms with E-state index < -0.39 is 12.6 Å². The van der Waals surface area contributed by atoms with Crippen LogP contribution in [0.4, 0.5) is 14.5 Å². The molecule has 0 aliphatic rings. The molecule has 2 aromatic rings. The summed E-state index contributed by atoms with van der Waals surface area (Å²) >= 11 is 5.99. The first-order valence-corrected chi connectivity index (χ1v) is 7.13. The maximum atomic E-state index is 12.1. The van der Waals surface area contributed by atoms with E-state index in [4.69, 9.17) is 16.7 Å². The van der Waals surface area contributed by atoms with E-state index in [1.54, 1.807) is 19.1 Å². The molecule has 2 N–H and O–H groups in total. The topological polar surface area (TPSA) is 70.9 Å². The standard InChI is InChI=1S/C16H13ClF2N2O3/c1-9(10-2-5-12(6-3-10)24-16(18)19)20-21-14-8-11(15(22)23)4-7-13(14)17/h2-8,16,21H,1H3,(H,22,23)/b20-9-. The van der Waals surface area contributed by atoms with Gasteiger partial charge in [0.1, 0.15) is 5.75 Å². The molecule has 8 heteroatoms. The number of hydrogen-bond donors (Lipinski definition) is 2. The van der Waals surface area contributed by atoms with Crippen molar-refractivity contribution in [1.29, 1.82) is 0 Å². The summed E-state index contributed by atoms with van der Waals surface area (Å²) < 4.78 is 28.5. The summed E-state index contributed by atoms with van der Waals surface area (Å²) in [5.41, 5.74) is 4.34. The first-order valence-electron chi connectivity index (χ1n) is 6.75. The highest BCUT2D eigenvalue weighted by molar-refractivity contribution is 6.33. The van der Waals surface area contributed by atoms with E-state index in [1.807, 2.05) is 0 Å². The maximum absolute atomic E-state index is 12.1. The second kappa shape index (κ2) is 7.74. The highest BCUT2D eigenvalue weighted by Gasteiger charge is 2.08. The third-order valence-electron chi connectivity index (χ3n) is 3.05. The Labute approximate surface area is 141 Å². The fourth-order valence-electron chi connectivity index (χ4n) is 1.83. The number of carboxylic acid groups (broad SMARTS) is 1. The highest BCUT2D eigenvalue weighted by Crippen LogP contribution is 2.23. The second-order valence-electron chi connectivity index (χ2n) is 4.71. The molecule has 2 aromatic carbocycles. The smallest absolute Gasteiger partial charge is 0.387 e. The van der Waals surface area contributed by atoms with Gasteiger partial charge in [0.2, 0.25) is 0 Å². The van der Waals surface area contributed by atoms with Crippen molar-refractivity contribution in [2.75, 3.05) is 5.43 Å². The van der Waals surface area contributed by atoms with Gasteiger partial charge in [-0.25, -0.2) is 4.79 Å². The first-order chi connectivity index (χ1) is 11.4. The number of nitrogens with one attached hydrogen (secondary N) is 1. The Morgan fingerprint density at radius 1 is 1.21 bits per heavy atom. The molecule has 126 valence electrons. The molecule has 0 aliphatic carbocycles. The molecule has 5 nitrogen and oxygen atoms in total. The van der Waals surface area contributed by atoms with Crippen molar-refractivity contribution in [3.8, 4) is 5.75 Å². The molecule has 0 atom stereocenters. The summed E-state index contributed by atoms with van der Waals surface area (Å²) in [7, 11) is 0. The number of halogens is 3. The molecule has 0 aliphatic heterocycles. The predicted octanol–water partition coefficient (Wildman–Crippen LogP) is 4.48. The molecular formula is C16H13ClF2N2O3. The molecule has 0 amide bonds. The summed E-state index contributed by atoms with van der Waals surface area (Å²) in [6.45, 7) is -1.18. The third kappa shape index (κ3) is 4.66. The summed E-state index contributed by atoms with van der Waals surface area (Å²) in [6, 6.07) is 10.2. The van der Waals surface area contributed by atoms with Crippen molar-refractivity contribution in [3.05, 3.63) is 58.6 Å². The van der Waals surface area contributed by atoms with Crippen molar-refractivity contribution in [2.45, 2.75) is 13.5 Å². The van der Waals surface area contributed by atoms with Crippen LogP contribution in [0.15, 0.2) is 47.6 Å². The van der Waals surface area contributed by atoms with E-state index in [0.29, 0.717) is 22.0 Å². The molecule has 0 bridgehead atoms. The van der Waals surface area contributed by atoms with E-state index in [-0.39, 0.29) is 11.3 Å². The number of hydrogen-bond acceptors (Lipinski definition) is 4. The highest BCUT2D eigenvalue weighted by atomic mass is 35.5. The molecule has 0 radical (unpaired) electrons. The van der Waals surface area contributed by atoms with Crippen LogP contribution in [0.2, 0.25) is 5.02 Å². The van der Waals surface area contributed by atoms with Gasteiger partial charge in [0, 0.05) is 0 Å². The zero-order chi connectivity index (χ0) is 17.7. The van der Waals surface area contributed by atoms with Gasteiger partial charge in [-0.15, -0.1) is 0 Å². The lowest BCUT2D eigenvalue weighted by molar-refractivity contribution is -0.0498. The van der Waals surface area contributed by atoms with Crippen LogP contribution in [-0.4, -0.2) is 23.4 Å². The summed E-state index contributed by atoms with van der Waals surface area (Å²) in [5.74, 6) is -1.03. The van der Waals surface area contributed by atoms with Gasteiger partial charge in [0.15, 0.2) is 0 Å². The summed E-state index contributed by atoms with van der Waals surface area (Å²) in [5, 5.41) is 13.4. The lowest BCUT2D eigenvalue weighted by Gasteiger charge is -2.08. The second-order valence-corrected chi connectivity index (χ2v) is 5.12. The normalized spacial score (nSPS) is 11.5. The van der Waals surface area contributed by atoms with Crippen molar-refractivity contribution in [1.82, 2.24) is 0 Å². The van der Waals surface area contributed by atoms with Gasteiger partial charge in [0.05, 0.1) is 22.0 Å². The van der Waals surface area contributed by atoms with Gasteiger partial charge < -0.3 is 9.84 Å². The van der Waals surface area contributed by atoms with Crippen molar-refractivity contribution in [2.24, 2.45) is 5.10 Å². The van der Waals surface area contributed by atoms with Crippen LogP contribution in [0.3, 0.4) is 0 Å². The van der Waals surface area contributed by atoms with E-state index in [9.17, 15) is 13.6 Å². The Morgan fingerprint density at radius 3 is 2.42 bits per heavy atom. The fourth-order valence-corrected chi connectivity index (χ4v) is 1.99. The molecule has 24 heavy (non-hydrogen) atoms. The Hall–Kier alpha value is -2.67. The van der Waals surface area contributed by atoms with Crippen LogP contribution < -0.4 is 10.2 Å². The van der Waals surface area contributed by atoms with Crippen molar-refractivity contribution < 1.29 is 23.4 Å². The zero-order valence-electron chi connectivity index (χ0n) is 12.5. The summed E-state index contributed by atoms with van der Waals surface area (Å²) in [6.07, 6.45) is 0. The Morgan fingerprint density at radius 2 is 1.83 bits per heavy atom. The SMILES string of the molecule is C/C(=N/Nc1cc(C(=O)O)ccc1Cl)c1ccc(OC(F)F)cc1. The van der Waals surface area contributed by atoms with E-state index in [1.165, 1.54) is 30.3 Å². The van der Waals surface area contributed by atoms with E-state index in [0.717, 1.165) is 0 Å². The number of rotatable bonds is 6. The number of carboxylic acids is 1. The zero-order valence-corrected chi connectivity index (χ0v) is 13.2. The average molecular weight is 355 g/mol. The molecule has 0 heterocycles. The fraction of sp³-hybridized carbons (Fsp3) is 0.125. The first kappa shape index (κ1) is 17.7. The number of ether oxygens (including phenoxy) is 1. The molecule has 0 unspecified atom stereocenters. The lowest BCUT2D eigenvalue weighted by Crippen LogP contribution is -2.04. The van der Waals surface area contributed by atoms with Gasteiger partial charge in [0.25, 0.3) is 0 Å². The number of carbonyl (C=O) groups is 1. The van der Waals surface area contributed by atoms with Crippen LogP contribution in [0.5, 0.6) is 5.75 Å².